The first-order chi connectivity index (χ1) is 12.6. The quantitative estimate of drug-likeness (QED) is 0.354. The molecule has 2 rings (SSSR count). The number of amides is 1. The summed E-state index contributed by atoms with van der Waals surface area (Å²) < 4.78 is 42.6. The van der Waals surface area contributed by atoms with Crippen molar-refractivity contribution >= 4 is 28.9 Å². The predicted octanol–water partition coefficient (Wildman–Crippen LogP) is 2.99. The number of nitrogens with two attached hydrogens (primary N) is 1. The summed E-state index contributed by atoms with van der Waals surface area (Å²) in [5.74, 6) is -1.91. The van der Waals surface area contributed by atoms with Crippen LogP contribution in [0.4, 0.5) is 30.2 Å². The van der Waals surface area contributed by atoms with Crippen molar-refractivity contribution in [3.63, 3.8) is 0 Å². The van der Waals surface area contributed by atoms with Gasteiger partial charge in [-0.05, 0) is 30.3 Å². The molecule has 0 spiro atoms. The van der Waals surface area contributed by atoms with E-state index in [1.807, 2.05) is 0 Å². The SMILES string of the molecule is Nc1ccc(C(=O)OCC(=O)Nc2cccc(C(F)(F)F)c2)cc1[N+](=O)[O-]. The first kappa shape index (κ1) is 19.7. The predicted molar refractivity (Wildman–Crippen MR) is 87.9 cm³/mol. The number of benzene rings is 2. The summed E-state index contributed by atoms with van der Waals surface area (Å²) in [5, 5.41) is 12.9. The summed E-state index contributed by atoms with van der Waals surface area (Å²) >= 11 is 0. The second kappa shape index (κ2) is 7.72. The van der Waals surface area contributed by atoms with Crippen LogP contribution in [0.1, 0.15) is 15.9 Å². The number of halogens is 3. The first-order valence-electron chi connectivity index (χ1n) is 7.26. The molecule has 0 aliphatic heterocycles. The smallest absolute Gasteiger partial charge is 0.416 e. The summed E-state index contributed by atoms with van der Waals surface area (Å²) in [6.07, 6.45) is -4.57. The third-order valence-corrected chi connectivity index (χ3v) is 3.27. The lowest BCUT2D eigenvalue weighted by Gasteiger charge is -2.10. The number of ether oxygens (including phenoxy) is 1. The molecule has 0 bridgehead atoms. The Bertz CT molecular complexity index is 899. The minimum atomic E-state index is -4.57. The molecule has 0 saturated carbocycles. The van der Waals surface area contributed by atoms with Gasteiger partial charge < -0.3 is 15.8 Å². The molecule has 2 aromatic carbocycles. The van der Waals surface area contributed by atoms with Crippen LogP contribution in [-0.4, -0.2) is 23.4 Å². The number of nitrogens with zero attached hydrogens (tertiary/aromatic N) is 1. The Morgan fingerprint density at radius 3 is 2.52 bits per heavy atom. The highest BCUT2D eigenvalue weighted by Gasteiger charge is 2.30. The molecule has 0 aliphatic rings. The highest BCUT2D eigenvalue weighted by molar-refractivity contribution is 5.96. The van der Waals surface area contributed by atoms with Crippen molar-refractivity contribution in [2.24, 2.45) is 0 Å². The van der Waals surface area contributed by atoms with E-state index in [9.17, 15) is 32.9 Å². The molecule has 2 aromatic rings. The van der Waals surface area contributed by atoms with Gasteiger partial charge in [-0.1, -0.05) is 6.07 Å². The van der Waals surface area contributed by atoms with Gasteiger partial charge in [0.15, 0.2) is 6.61 Å². The van der Waals surface area contributed by atoms with Crippen molar-refractivity contribution in [2.45, 2.75) is 6.18 Å². The first-order valence-corrected chi connectivity index (χ1v) is 7.26. The van der Waals surface area contributed by atoms with Gasteiger partial charge in [0.25, 0.3) is 11.6 Å². The van der Waals surface area contributed by atoms with Crippen LogP contribution in [0.15, 0.2) is 42.5 Å². The number of nitrogen functional groups attached to an aromatic ring is 1. The average molecular weight is 383 g/mol. The van der Waals surface area contributed by atoms with E-state index in [0.717, 1.165) is 30.3 Å². The van der Waals surface area contributed by atoms with Gasteiger partial charge >= 0.3 is 12.1 Å². The molecule has 0 radical (unpaired) electrons. The molecular weight excluding hydrogens is 371 g/mol. The summed E-state index contributed by atoms with van der Waals surface area (Å²) in [5.41, 5.74) is 3.46. The minimum absolute atomic E-state index is 0.131. The number of hydrogen-bond donors (Lipinski definition) is 2. The number of rotatable bonds is 5. The molecule has 1 amide bonds. The Hall–Kier alpha value is -3.63. The number of alkyl halides is 3. The number of nitro benzene ring substituents is 1. The maximum Gasteiger partial charge on any atom is 0.416 e. The lowest BCUT2D eigenvalue weighted by atomic mass is 10.2. The van der Waals surface area contributed by atoms with Crippen LogP contribution in [0.5, 0.6) is 0 Å². The number of esters is 1. The van der Waals surface area contributed by atoms with E-state index in [1.54, 1.807) is 0 Å². The van der Waals surface area contributed by atoms with Crippen LogP contribution in [-0.2, 0) is 15.7 Å². The van der Waals surface area contributed by atoms with Crippen molar-refractivity contribution in [2.75, 3.05) is 17.7 Å². The number of carbonyl (C=O) groups excluding carboxylic acids is 2. The fourth-order valence-corrected chi connectivity index (χ4v) is 2.01. The van der Waals surface area contributed by atoms with Crippen LogP contribution in [0.2, 0.25) is 0 Å². The van der Waals surface area contributed by atoms with Crippen molar-refractivity contribution in [3.05, 3.63) is 63.7 Å². The molecule has 0 unspecified atom stereocenters. The van der Waals surface area contributed by atoms with Crippen LogP contribution < -0.4 is 11.1 Å². The van der Waals surface area contributed by atoms with Crippen molar-refractivity contribution < 1.29 is 32.4 Å². The van der Waals surface area contributed by atoms with Gasteiger partial charge in [0.1, 0.15) is 5.69 Å². The molecule has 0 heterocycles. The van der Waals surface area contributed by atoms with E-state index >= 15 is 0 Å². The Balaban J connectivity index is 1.99. The van der Waals surface area contributed by atoms with E-state index in [2.05, 4.69) is 5.32 Å². The zero-order chi connectivity index (χ0) is 20.2. The number of nitro groups is 1. The average Bonchev–Trinajstić information content (AvgIpc) is 2.59. The summed E-state index contributed by atoms with van der Waals surface area (Å²) in [7, 11) is 0. The van der Waals surface area contributed by atoms with Crippen molar-refractivity contribution in [1.82, 2.24) is 0 Å². The lowest BCUT2D eigenvalue weighted by molar-refractivity contribution is -0.383. The summed E-state index contributed by atoms with van der Waals surface area (Å²) in [6.45, 7) is -0.798. The topological polar surface area (TPSA) is 125 Å². The summed E-state index contributed by atoms with van der Waals surface area (Å²) in [6, 6.07) is 7.11. The monoisotopic (exact) mass is 383 g/mol. The number of carbonyl (C=O) groups is 2. The number of hydrogen-bond acceptors (Lipinski definition) is 6. The fourth-order valence-electron chi connectivity index (χ4n) is 2.01. The zero-order valence-corrected chi connectivity index (χ0v) is 13.4. The third kappa shape index (κ3) is 5.17. The molecular formula is C16H12F3N3O5. The molecule has 0 aliphatic carbocycles. The van der Waals surface area contributed by atoms with E-state index in [-0.39, 0.29) is 16.9 Å². The Morgan fingerprint density at radius 2 is 1.89 bits per heavy atom. The maximum absolute atomic E-state index is 12.6. The molecule has 3 N–H and O–H groups in total. The van der Waals surface area contributed by atoms with E-state index in [4.69, 9.17) is 10.5 Å². The van der Waals surface area contributed by atoms with Crippen LogP contribution in [0.3, 0.4) is 0 Å². The van der Waals surface area contributed by atoms with Crippen molar-refractivity contribution in [1.29, 1.82) is 0 Å². The molecule has 0 saturated heterocycles. The molecule has 0 fully saturated rings. The molecule has 27 heavy (non-hydrogen) atoms. The second-order valence-corrected chi connectivity index (χ2v) is 5.23. The summed E-state index contributed by atoms with van der Waals surface area (Å²) in [4.78, 5) is 33.6. The largest absolute Gasteiger partial charge is 0.452 e. The highest BCUT2D eigenvalue weighted by atomic mass is 19.4. The normalized spacial score (nSPS) is 10.9. The minimum Gasteiger partial charge on any atom is -0.452 e. The van der Waals surface area contributed by atoms with Crippen LogP contribution in [0, 0.1) is 10.1 Å². The highest BCUT2D eigenvalue weighted by Crippen LogP contribution is 2.30. The van der Waals surface area contributed by atoms with E-state index < -0.39 is 40.8 Å². The Morgan fingerprint density at radius 1 is 1.19 bits per heavy atom. The Kier molecular flexibility index (Phi) is 5.63. The third-order valence-electron chi connectivity index (χ3n) is 3.27. The molecule has 142 valence electrons. The van der Waals surface area contributed by atoms with E-state index in [0.29, 0.717) is 0 Å². The van der Waals surface area contributed by atoms with Gasteiger partial charge in [-0.3, -0.25) is 14.9 Å². The van der Waals surface area contributed by atoms with E-state index in [1.165, 1.54) is 12.1 Å². The Labute approximate surface area is 149 Å². The van der Waals surface area contributed by atoms with Gasteiger partial charge in [0.05, 0.1) is 16.1 Å². The van der Waals surface area contributed by atoms with Crippen LogP contribution >= 0.6 is 0 Å². The van der Waals surface area contributed by atoms with Gasteiger partial charge in [0.2, 0.25) is 0 Å². The van der Waals surface area contributed by atoms with Gasteiger partial charge in [-0.25, -0.2) is 4.79 Å². The molecule has 11 heteroatoms. The zero-order valence-electron chi connectivity index (χ0n) is 13.4. The fraction of sp³-hybridized carbons (Fsp3) is 0.125. The van der Waals surface area contributed by atoms with Crippen molar-refractivity contribution in [3.8, 4) is 0 Å². The molecule has 0 atom stereocenters. The lowest BCUT2D eigenvalue weighted by Crippen LogP contribution is -2.21. The maximum atomic E-state index is 12.6. The standard InChI is InChI=1S/C16H12F3N3O5/c17-16(18,19)10-2-1-3-11(7-10)21-14(23)8-27-15(24)9-4-5-12(20)13(6-9)22(25)26/h1-7H,8,20H2,(H,21,23). The van der Waals surface area contributed by atoms with Crippen LogP contribution in [0.25, 0.3) is 0 Å². The molecule has 0 aromatic heterocycles. The van der Waals surface area contributed by atoms with Gasteiger partial charge in [-0.15, -0.1) is 0 Å². The number of nitrogens with one attached hydrogen (secondary N) is 1. The van der Waals surface area contributed by atoms with Gasteiger partial charge in [0, 0.05) is 11.8 Å². The second-order valence-electron chi connectivity index (χ2n) is 5.23. The number of anilines is 2. The molecule has 8 nitrogen and oxygen atoms in total. The van der Waals surface area contributed by atoms with Gasteiger partial charge in [-0.2, -0.15) is 13.2 Å².